The number of hydrogen-bond donors (Lipinski definition) is 2. The van der Waals surface area contributed by atoms with Crippen molar-refractivity contribution in [3.63, 3.8) is 0 Å². The van der Waals surface area contributed by atoms with Crippen molar-refractivity contribution in [1.82, 2.24) is 19.5 Å². The van der Waals surface area contributed by atoms with Gasteiger partial charge in [-0.15, -0.1) is 0 Å². The van der Waals surface area contributed by atoms with Crippen molar-refractivity contribution in [2.24, 2.45) is 5.73 Å². The van der Waals surface area contributed by atoms with Gasteiger partial charge in [0.1, 0.15) is 23.2 Å². The number of nitrogens with one attached hydrogen (secondary N) is 1. The summed E-state index contributed by atoms with van der Waals surface area (Å²) in [5, 5.41) is -0.196. The van der Waals surface area contributed by atoms with E-state index < -0.39 is 28.5 Å². The molecule has 0 aliphatic carbocycles. The first-order chi connectivity index (χ1) is 11.9. The molecule has 0 saturated carbocycles. The zero-order valence-corrected chi connectivity index (χ0v) is 14.0. The van der Waals surface area contributed by atoms with Crippen LogP contribution in [0.2, 0.25) is 0 Å². The van der Waals surface area contributed by atoms with Crippen LogP contribution in [-0.4, -0.2) is 35.9 Å². The molecule has 132 valence electrons. The fourth-order valence-corrected chi connectivity index (χ4v) is 3.39. The zero-order valence-electron chi connectivity index (χ0n) is 13.2. The van der Waals surface area contributed by atoms with Gasteiger partial charge in [0.05, 0.1) is 6.54 Å². The van der Waals surface area contributed by atoms with E-state index in [-0.39, 0.29) is 40.1 Å². The van der Waals surface area contributed by atoms with E-state index in [0.717, 1.165) is 12.1 Å². The first-order valence-electron chi connectivity index (χ1n) is 7.40. The molecule has 7 nitrogen and oxygen atoms in total. The van der Waals surface area contributed by atoms with E-state index in [1.54, 1.807) is 6.92 Å². The maximum Gasteiger partial charge on any atom is 0.328 e. The SMILES string of the molecule is CC(CN)[S+]([O-])c1ncnc2c1[nH]c(=O)n2Cc1ccc(F)cc1F. The van der Waals surface area contributed by atoms with Gasteiger partial charge >= 0.3 is 5.69 Å². The highest BCUT2D eigenvalue weighted by atomic mass is 32.2. The number of rotatable bonds is 5. The van der Waals surface area contributed by atoms with Crippen molar-refractivity contribution in [1.29, 1.82) is 0 Å². The van der Waals surface area contributed by atoms with Crippen LogP contribution in [0.15, 0.2) is 34.3 Å². The van der Waals surface area contributed by atoms with E-state index in [1.807, 2.05) is 0 Å². The van der Waals surface area contributed by atoms with Gasteiger partial charge < -0.3 is 10.3 Å². The van der Waals surface area contributed by atoms with Crippen LogP contribution in [0.5, 0.6) is 0 Å². The van der Waals surface area contributed by atoms with Crippen molar-refractivity contribution in [3.8, 4) is 0 Å². The Morgan fingerprint density at radius 2 is 2.16 bits per heavy atom. The zero-order chi connectivity index (χ0) is 18.1. The van der Waals surface area contributed by atoms with E-state index in [9.17, 15) is 18.1 Å². The fourth-order valence-electron chi connectivity index (χ4n) is 2.34. The molecule has 3 rings (SSSR count). The molecular formula is C15H15F2N5O2S. The number of imidazole rings is 1. The Kier molecular flexibility index (Phi) is 4.84. The lowest BCUT2D eigenvalue weighted by Crippen LogP contribution is -2.27. The predicted molar refractivity (Wildman–Crippen MR) is 88.5 cm³/mol. The molecule has 1 aromatic carbocycles. The number of aromatic amines is 1. The Morgan fingerprint density at radius 1 is 1.40 bits per heavy atom. The third-order valence-corrected chi connectivity index (χ3v) is 5.37. The number of hydrogen-bond acceptors (Lipinski definition) is 5. The molecule has 25 heavy (non-hydrogen) atoms. The van der Waals surface area contributed by atoms with Crippen LogP contribution in [-0.2, 0) is 17.7 Å². The molecule has 0 saturated heterocycles. The largest absolute Gasteiger partial charge is 0.610 e. The summed E-state index contributed by atoms with van der Waals surface area (Å²) < 4.78 is 40.6. The van der Waals surface area contributed by atoms with Gasteiger partial charge in [-0.05, 0) is 13.0 Å². The summed E-state index contributed by atoms with van der Waals surface area (Å²) in [5.41, 5.74) is 5.51. The third-order valence-electron chi connectivity index (χ3n) is 3.76. The second-order valence-electron chi connectivity index (χ2n) is 5.47. The van der Waals surface area contributed by atoms with E-state index in [0.29, 0.717) is 0 Å². The van der Waals surface area contributed by atoms with Crippen LogP contribution < -0.4 is 11.4 Å². The first kappa shape index (κ1) is 17.5. The minimum absolute atomic E-state index is 0.126. The first-order valence-corrected chi connectivity index (χ1v) is 8.61. The molecule has 0 spiro atoms. The average Bonchev–Trinajstić information content (AvgIpc) is 2.91. The van der Waals surface area contributed by atoms with Crippen molar-refractivity contribution < 1.29 is 13.3 Å². The fraction of sp³-hybridized carbons (Fsp3) is 0.267. The molecule has 0 radical (unpaired) electrons. The standard InChI is InChI=1S/C15H15F2N5O2S/c1-8(5-18)25(24)14-12-13(19-7-20-14)22(15(23)21-12)6-9-2-3-10(16)4-11(9)17/h2-4,7-8H,5-6,18H2,1H3,(H,21,23). The monoisotopic (exact) mass is 367 g/mol. The van der Waals surface area contributed by atoms with Crippen molar-refractivity contribution in [3.05, 3.63) is 52.2 Å². The summed E-state index contributed by atoms with van der Waals surface area (Å²) in [6.07, 6.45) is 1.18. The van der Waals surface area contributed by atoms with Crippen molar-refractivity contribution in [2.75, 3.05) is 6.54 Å². The van der Waals surface area contributed by atoms with Gasteiger partial charge in [0.25, 0.3) is 5.03 Å². The van der Waals surface area contributed by atoms with Crippen LogP contribution in [0.1, 0.15) is 12.5 Å². The lowest BCUT2D eigenvalue weighted by Gasteiger charge is -2.15. The summed E-state index contributed by atoms with van der Waals surface area (Å²) in [7, 11) is 0. The number of benzene rings is 1. The number of H-pyrrole nitrogens is 1. The van der Waals surface area contributed by atoms with E-state index >= 15 is 0 Å². The molecule has 0 amide bonds. The van der Waals surface area contributed by atoms with Crippen LogP contribution in [0.4, 0.5) is 8.78 Å². The summed E-state index contributed by atoms with van der Waals surface area (Å²) >= 11 is -1.53. The van der Waals surface area contributed by atoms with Gasteiger partial charge in [-0.2, -0.15) is 4.98 Å². The molecule has 2 aromatic heterocycles. The molecule has 10 heteroatoms. The van der Waals surface area contributed by atoms with E-state index in [1.165, 1.54) is 17.0 Å². The van der Waals surface area contributed by atoms with Gasteiger partial charge in [-0.3, -0.25) is 9.55 Å². The Balaban J connectivity index is 2.08. The van der Waals surface area contributed by atoms with Crippen molar-refractivity contribution >= 4 is 22.3 Å². The van der Waals surface area contributed by atoms with E-state index in [4.69, 9.17) is 5.73 Å². The molecule has 2 atom stereocenters. The van der Waals surface area contributed by atoms with Gasteiger partial charge in [-0.25, -0.2) is 18.6 Å². The second-order valence-corrected chi connectivity index (χ2v) is 7.26. The molecule has 2 heterocycles. The number of nitrogens with zero attached hydrogens (tertiary/aromatic N) is 3. The quantitative estimate of drug-likeness (QED) is 0.514. The third kappa shape index (κ3) is 3.28. The lowest BCUT2D eigenvalue weighted by molar-refractivity contribution is 0.565. The molecule has 3 aromatic rings. The molecule has 0 aliphatic rings. The normalized spacial score (nSPS) is 14.0. The second kappa shape index (κ2) is 6.90. The van der Waals surface area contributed by atoms with Gasteiger partial charge in [0, 0.05) is 29.4 Å². The summed E-state index contributed by atoms with van der Waals surface area (Å²) in [4.78, 5) is 22.8. The highest BCUT2D eigenvalue weighted by Crippen LogP contribution is 2.21. The molecule has 0 aliphatic heterocycles. The van der Waals surface area contributed by atoms with E-state index in [2.05, 4.69) is 15.0 Å². The van der Waals surface area contributed by atoms with Crippen LogP contribution in [0.25, 0.3) is 11.2 Å². The van der Waals surface area contributed by atoms with Gasteiger partial charge in [0.15, 0.2) is 11.2 Å². The number of nitrogens with two attached hydrogens (primary N) is 1. The Morgan fingerprint density at radius 3 is 2.84 bits per heavy atom. The highest BCUT2D eigenvalue weighted by molar-refractivity contribution is 7.92. The van der Waals surface area contributed by atoms with Crippen molar-refractivity contribution in [2.45, 2.75) is 23.7 Å². The molecular weight excluding hydrogens is 352 g/mol. The van der Waals surface area contributed by atoms with Gasteiger partial charge in [-0.1, -0.05) is 6.07 Å². The Hall–Kier alpha value is -2.30. The minimum Gasteiger partial charge on any atom is -0.610 e. The van der Waals surface area contributed by atoms with Gasteiger partial charge in [0.2, 0.25) is 0 Å². The predicted octanol–water partition coefficient (Wildman–Crippen LogP) is 0.901. The number of aromatic nitrogens is 4. The molecule has 0 fully saturated rings. The molecule has 3 N–H and O–H groups in total. The topological polar surface area (TPSA) is 113 Å². The molecule has 0 bridgehead atoms. The smallest absolute Gasteiger partial charge is 0.328 e. The van der Waals surface area contributed by atoms with Crippen LogP contribution in [0, 0.1) is 11.6 Å². The maximum absolute atomic E-state index is 13.9. The van der Waals surface area contributed by atoms with Crippen LogP contribution in [0.3, 0.4) is 0 Å². The average molecular weight is 367 g/mol. The maximum atomic E-state index is 13.9. The highest BCUT2D eigenvalue weighted by Gasteiger charge is 2.26. The summed E-state index contributed by atoms with van der Waals surface area (Å²) in [6.45, 7) is 1.73. The Bertz CT molecular complexity index is 974. The minimum atomic E-state index is -1.53. The van der Waals surface area contributed by atoms with Crippen LogP contribution >= 0.6 is 0 Å². The number of fused-ring (bicyclic) bond motifs is 1. The Labute approximate surface area is 144 Å². The number of halogens is 2. The summed E-state index contributed by atoms with van der Waals surface area (Å²) in [6, 6.07) is 3.11. The summed E-state index contributed by atoms with van der Waals surface area (Å²) in [5.74, 6) is -1.47. The lowest BCUT2D eigenvalue weighted by atomic mass is 10.2. The molecule has 2 unspecified atom stereocenters.